The lowest BCUT2D eigenvalue weighted by Gasteiger charge is -2.36. The summed E-state index contributed by atoms with van der Waals surface area (Å²) in [5.41, 5.74) is 3.45. The first-order chi connectivity index (χ1) is 11.5. The maximum Gasteiger partial charge on any atom is 0.227 e. The Hall–Kier alpha value is -1.84. The Labute approximate surface area is 145 Å². The lowest BCUT2D eigenvalue weighted by atomic mass is 10.0. The number of carbonyl (C=O) groups excluding carboxylic acids is 2. The van der Waals surface area contributed by atoms with Crippen molar-refractivity contribution in [2.75, 3.05) is 26.2 Å². The average Bonchev–Trinajstić information content (AvgIpc) is 2.59. The number of amides is 2. The van der Waals surface area contributed by atoms with Crippen LogP contribution in [0.3, 0.4) is 0 Å². The normalized spacial score (nSPS) is 15.0. The highest BCUT2D eigenvalue weighted by molar-refractivity contribution is 5.81. The Bertz CT molecular complexity index is 585. The van der Waals surface area contributed by atoms with Crippen LogP contribution < -0.4 is 0 Å². The van der Waals surface area contributed by atoms with Crippen molar-refractivity contribution in [1.29, 1.82) is 0 Å². The van der Waals surface area contributed by atoms with E-state index in [1.165, 1.54) is 5.56 Å². The van der Waals surface area contributed by atoms with Crippen LogP contribution in [0.4, 0.5) is 0 Å². The summed E-state index contributed by atoms with van der Waals surface area (Å²) in [6, 6.07) is 6.25. The molecule has 0 N–H and O–H groups in total. The third-order valence-electron chi connectivity index (χ3n) is 5.13. The van der Waals surface area contributed by atoms with Gasteiger partial charge in [-0.1, -0.05) is 37.6 Å². The molecule has 24 heavy (non-hydrogen) atoms. The van der Waals surface area contributed by atoms with Gasteiger partial charge in [-0.15, -0.1) is 0 Å². The largest absolute Gasteiger partial charge is 0.339 e. The zero-order chi connectivity index (χ0) is 17.7. The van der Waals surface area contributed by atoms with E-state index in [9.17, 15) is 9.59 Å². The van der Waals surface area contributed by atoms with Crippen LogP contribution >= 0.6 is 0 Å². The van der Waals surface area contributed by atoms with E-state index in [4.69, 9.17) is 0 Å². The number of carbonyl (C=O) groups is 2. The average molecular weight is 330 g/mol. The molecule has 0 aromatic heterocycles. The van der Waals surface area contributed by atoms with Gasteiger partial charge in [0.1, 0.15) is 0 Å². The van der Waals surface area contributed by atoms with Gasteiger partial charge in [0, 0.05) is 32.1 Å². The second-order valence-electron chi connectivity index (χ2n) is 6.83. The smallest absolute Gasteiger partial charge is 0.227 e. The third-order valence-corrected chi connectivity index (χ3v) is 5.13. The highest BCUT2D eigenvalue weighted by Gasteiger charge is 2.27. The van der Waals surface area contributed by atoms with Gasteiger partial charge in [0.15, 0.2) is 0 Å². The van der Waals surface area contributed by atoms with E-state index >= 15 is 0 Å². The molecule has 1 heterocycles. The Balaban J connectivity index is 1.91. The number of piperazine rings is 1. The summed E-state index contributed by atoms with van der Waals surface area (Å²) in [5.74, 6) is 0.544. The van der Waals surface area contributed by atoms with E-state index in [1.807, 2.05) is 16.7 Å². The molecule has 0 aliphatic carbocycles. The van der Waals surface area contributed by atoms with Crippen LogP contribution in [0, 0.1) is 19.8 Å². The number of aryl methyl sites for hydroxylation is 2. The molecule has 1 aromatic rings. The van der Waals surface area contributed by atoms with Gasteiger partial charge in [0.2, 0.25) is 11.8 Å². The van der Waals surface area contributed by atoms with Gasteiger partial charge in [-0.3, -0.25) is 9.59 Å². The van der Waals surface area contributed by atoms with Crippen LogP contribution in [-0.2, 0) is 16.0 Å². The minimum atomic E-state index is 0.127. The highest BCUT2D eigenvalue weighted by Crippen LogP contribution is 2.16. The molecule has 1 saturated heterocycles. The monoisotopic (exact) mass is 330 g/mol. The maximum atomic E-state index is 12.6. The summed E-state index contributed by atoms with van der Waals surface area (Å²) in [4.78, 5) is 28.8. The van der Waals surface area contributed by atoms with E-state index in [1.54, 1.807) is 0 Å². The summed E-state index contributed by atoms with van der Waals surface area (Å²) in [6.07, 6.45) is 2.23. The minimum absolute atomic E-state index is 0.127. The number of nitrogens with zero attached hydrogens (tertiary/aromatic N) is 2. The number of hydrogen-bond donors (Lipinski definition) is 0. The highest BCUT2D eigenvalue weighted by atomic mass is 16.2. The molecule has 0 atom stereocenters. The predicted molar refractivity (Wildman–Crippen MR) is 96.9 cm³/mol. The Morgan fingerprint density at radius 2 is 1.58 bits per heavy atom. The molecule has 0 saturated carbocycles. The summed E-state index contributed by atoms with van der Waals surface area (Å²) < 4.78 is 0. The molecule has 0 bridgehead atoms. The van der Waals surface area contributed by atoms with E-state index in [-0.39, 0.29) is 17.7 Å². The van der Waals surface area contributed by atoms with Crippen molar-refractivity contribution in [1.82, 2.24) is 9.80 Å². The van der Waals surface area contributed by atoms with Gasteiger partial charge in [-0.2, -0.15) is 0 Å². The third kappa shape index (κ3) is 4.37. The Kier molecular flexibility index (Phi) is 6.41. The molecule has 1 fully saturated rings. The molecule has 132 valence electrons. The van der Waals surface area contributed by atoms with Crippen LogP contribution in [-0.4, -0.2) is 47.8 Å². The van der Waals surface area contributed by atoms with Crippen molar-refractivity contribution in [2.24, 2.45) is 5.92 Å². The summed E-state index contributed by atoms with van der Waals surface area (Å²) in [6.45, 7) is 10.9. The first-order valence-electron chi connectivity index (χ1n) is 9.08. The molecule has 2 amide bonds. The topological polar surface area (TPSA) is 40.6 Å². The lowest BCUT2D eigenvalue weighted by Crippen LogP contribution is -2.52. The molecular formula is C20H30N2O2. The van der Waals surface area contributed by atoms with Crippen molar-refractivity contribution < 1.29 is 9.59 Å². The SMILES string of the molecule is CCC(CC)C(=O)N1CCN(C(=O)Cc2cc(C)ccc2C)CC1. The molecule has 4 nitrogen and oxygen atoms in total. The van der Waals surface area contributed by atoms with Gasteiger partial charge < -0.3 is 9.80 Å². The fourth-order valence-corrected chi connectivity index (χ4v) is 3.34. The zero-order valence-corrected chi connectivity index (χ0v) is 15.5. The molecular weight excluding hydrogens is 300 g/mol. The van der Waals surface area contributed by atoms with Gasteiger partial charge in [0.05, 0.1) is 6.42 Å². The van der Waals surface area contributed by atoms with Gasteiger partial charge in [-0.25, -0.2) is 0 Å². The van der Waals surface area contributed by atoms with Crippen molar-refractivity contribution in [3.05, 3.63) is 34.9 Å². The van der Waals surface area contributed by atoms with Crippen molar-refractivity contribution in [3.63, 3.8) is 0 Å². The number of hydrogen-bond acceptors (Lipinski definition) is 2. The first kappa shape index (κ1) is 18.5. The molecule has 1 aliphatic rings. The summed E-state index contributed by atoms with van der Waals surface area (Å²) in [7, 11) is 0. The Morgan fingerprint density at radius 1 is 1.00 bits per heavy atom. The van der Waals surface area contributed by atoms with E-state index < -0.39 is 0 Å². The van der Waals surface area contributed by atoms with Crippen molar-refractivity contribution in [2.45, 2.75) is 47.0 Å². The number of benzene rings is 1. The predicted octanol–water partition coefficient (Wildman–Crippen LogP) is 2.95. The maximum absolute atomic E-state index is 12.6. The Morgan fingerprint density at radius 3 is 2.17 bits per heavy atom. The fraction of sp³-hybridized carbons (Fsp3) is 0.600. The molecule has 0 unspecified atom stereocenters. The van der Waals surface area contributed by atoms with Gasteiger partial charge in [0.25, 0.3) is 0 Å². The lowest BCUT2D eigenvalue weighted by molar-refractivity contribution is -0.142. The molecule has 2 rings (SSSR count). The van der Waals surface area contributed by atoms with Crippen LogP contribution in [0.1, 0.15) is 43.4 Å². The number of rotatable bonds is 5. The molecule has 1 aliphatic heterocycles. The van der Waals surface area contributed by atoms with Crippen LogP contribution in [0.15, 0.2) is 18.2 Å². The zero-order valence-electron chi connectivity index (χ0n) is 15.5. The summed E-state index contributed by atoms with van der Waals surface area (Å²) in [5, 5.41) is 0. The van der Waals surface area contributed by atoms with Crippen molar-refractivity contribution >= 4 is 11.8 Å². The van der Waals surface area contributed by atoms with Gasteiger partial charge >= 0.3 is 0 Å². The van der Waals surface area contributed by atoms with Gasteiger partial charge in [-0.05, 0) is 37.8 Å². The molecule has 0 radical (unpaired) electrons. The second kappa shape index (κ2) is 8.32. The quantitative estimate of drug-likeness (QED) is 0.833. The van der Waals surface area contributed by atoms with E-state index in [0.717, 1.165) is 24.0 Å². The van der Waals surface area contributed by atoms with E-state index in [0.29, 0.717) is 32.6 Å². The molecule has 0 spiro atoms. The van der Waals surface area contributed by atoms with Crippen molar-refractivity contribution in [3.8, 4) is 0 Å². The second-order valence-corrected chi connectivity index (χ2v) is 6.83. The minimum Gasteiger partial charge on any atom is -0.339 e. The standard InChI is InChI=1S/C20H30N2O2/c1-5-17(6-2)20(24)22-11-9-21(10-12-22)19(23)14-18-13-15(3)7-8-16(18)4/h7-8,13,17H,5-6,9-12,14H2,1-4H3. The van der Waals surface area contributed by atoms with Crippen LogP contribution in [0.2, 0.25) is 0 Å². The summed E-state index contributed by atoms with van der Waals surface area (Å²) >= 11 is 0. The molecule has 4 heteroatoms. The first-order valence-corrected chi connectivity index (χ1v) is 9.08. The van der Waals surface area contributed by atoms with Crippen LogP contribution in [0.25, 0.3) is 0 Å². The van der Waals surface area contributed by atoms with E-state index in [2.05, 4.69) is 39.0 Å². The van der Waals surface area contributed by atoms with Crippen LogP contribution in [0.5, 0.6) is 0 Å². The fourth-order valence-electron chi connectivity index (χ4n) is 3.34. The molecule has 1 aromatic carbocycles.